The smallest absolute Gasteiger partial charge is 0.261 e. The third-order valence-electron chi connectivity index (χ3n) is 2.93. The SMILES string of the molecule is CC1=C(C)C(=O)N(c2cc(Br)ccc2C#N)C1=O. The van der Waals surface area contributed by atoms with Gasteiger partial charge in [0.1, 0.15) is 6.07 Å². The van der Waals surface area contributed by atoms with E-state index in [1.165, 1.54) is 0 Å². The lowest BCUT2D eigenvalue weighted by atomic mass is 10.1. The van der Waals surface area contributed by atoms with Gasteiger partial charge in [-0.05, 0) is 32.0 Å². The third-order valence-corrected chi connectivity index (χ3v) is 3.42. The van der Waals surface area contributed by atoms with Crippen LogP contribution in [-0.4, -0.2) is 11.8 Å². The van der Waals surface area contributed by atoms with Gasteiger partial charge in [-0.3, -0.25) is 9.59 Å². The third kappa shape index (κ3) is 1.75. The summed E-state index contributed by atoms with van der Waals surface area (Å²) in [6, 6.07) is 6.85. The highest BCUT2D eigenvalue weighted by Crippen LogP contribution is 2.31. The molecule has 90 valence electrons. The van der Waals surface area contributed by atoms with Gasteiger partial charge in [0.25, 0.3) is 11.8 Å². The Morgan fingerprint density at radius 1 is 1.17 bits per heavy atom. The van der Waals surface area contributed by atoms with Crippen molar-refractivity contribution in [3.05, 3.63) is 39.4 Å². The first kappa shape index (κ1) is 12.5. The van der Waals surface area contributed by atoms with Crippen LogP contribution in [0.25, 0.3) is 0 Å². The molecule has 0 atom stereocenters. The normalized spacial score (nSPS) is 15.3. The van der Waals surface area contributed by atoms with Crippen molar-refractivity contribution in [1.82, 2.24) is 0 Å². The van der Waals surface area contributed by atoms with Crippen molar-refractivity contribution in [2.24, 2.45) is 0 Å². The molecule has 0 radical (unpaired) electrons. The molecule has 0 saturated heterocycles. The Balaban J connectivity index is 2.59. The van der Waals surface area contributed by atoms with E-state index in [2.05, 4.69) is 15.9 Å². The van der Waals surface area contributed by atoms with E-state index in [1.807, 2.05) is 6.07 Å². The minimum atomic E-state index is -0.368. The molecular formula is C13H9BrN2O2. The van der Waals surface area contributed by atoms with Crippen molar-refractivity contribution in [2.75, 3.05) is 4.90 Å². The summed E-state index contributed by atoms with van der Waals surface area (Å²) in [6.45, 7) is 3.22. The van der Waals surface area contributed by atoms with Crippen LogP contribution in [0.1, 0.15) is 19.4 Å². The van der Waals surface area contributed by atoms with Crippen LogP contribution >= 0.6 is 15.9 Å². The van der Waals surface area contributed by atoms with Crippen LogP contribution in [0.2, 0.25) is 0 Å². The van der Waals surface area contributed by atoms with E-state index in [1.54, 1.807) is 32.0 Å². The maximum atomic E-state index is 12.0. The van der Waals surface area contributed by atoms with Gasteiger partial charge in [0.15, 0.2) is 0 Å². The molecule has 1 aliphatic heterocycles. The Morgan fingerprint density at radius 2 is 1.72 bits per heavy atom. The minimum absolute atomic E-state index is 0.294. The molecule has 0 N–H and O–H groups in total. The summed E-state index contributed by atoms with van der Waals surface area (Å²) < 4.78 is 0.708. The first-order valence-electron chi connectivity index (χ1n) is 5.23. The molecule has 0 spiro atoms. The molecule has 18 heavy (non-hydrogen) atoms. The lowest BCUT2D eigenvalue weighted by molar-refractivity contribution is -0.120. The van der Waals surface area contributed by atoms with Gasteiger partial charge in [-0.15, -0.1) is 0 Å². The molecule has 1 heterocycles. The van der Waals surface area contributed by atoms with Gasteiger partial charge in [0.05, 0.1) is 11.3 Å². The van der Waals surface area contributed by atoms with Crippen LogP contribution in [0.3, 0.4) is 0 Å². The van der Waals surface area contributed by atoms with E-state index in [0.29, 0.717) is 26.9 Å². The predicted molar refractivity (Wildman–Crippen MR) is 69.7 cm³/mol. The Hall–Kier alpha value is -1.93. The molecule has 0 unspecified atom stereocenters. The van der Waals surface area contributed by atoms with Crippen molar-refractivity contribution in [2.45, 2.75) is 13.8 Å². The number of nitrogens with zero attached hydrogens (tertiary/aromatic N) is 2. The lowest BCUT2D eigenvalue weighted by Gasteiger charge is -2.16. The molecule has 4 nitrogen and oxygen atoms in total. The second-order valence-electron chi connectivity index (χ2n) is 3.97. The predicted octanol–water partition coefficient (Wildman–Crippen LogP) is 2.53. The van der Waals surface area contributed by atoms with Crippen LogP contribution in [0.5, 0.6) is 0 Å². The summed E-state index contributed by atoms with van der Waals surface area (Å²) >= 11 is 3.27. The molecule has 0 saturated carbocycles. The molecule has 0 bridgehead atoms. The average molecular weight is 305 g/mol. The fourth-order valence-electron chi connectivity index (χ4n) is 1.75. The van der Waals surface area contributed by atoms with E-state index < -0.39 is 0 Å². The van der Waals surface area contributed by atoms with Crippen LogP contribution in [0, 0.1) is 11.3 Å². The number of rotatable bonds is 1. The summed E-state index contributed by atoms with van der Waals surface area (Å²) in [5.41, 5.74) is 1.45. The molecule has 0 aromatic heterocycles. The van der Waals surface area contributed by atoms with Crippen LogP contribution in [0.4, 0.5) is 5.69 Å². The maximum Gasteiger partial charge on any atom is 0.261 e. The van der Waals surface area contributed by atoms with Gasteiger partial charge in [0.2, 0.25) is 0 Å². The highest BCUT2D eigenvalue weighted by Gasteiger charge is 2.35. The van der Waals surface area contributed by atoms with E-state index in [-0.39, 0.29) is 11.8 Å². The molecule has 1 aromatic rings. The van der Waals surface area contributed by atoms with E-state index in [4.69, 9.17) is 5.26 Å². The number of carbonyl (C=O) groups is 2. The maximum absolute atomic E-state index is 12.0. The van der Waals surface area contributed by atoms with Crippen molar-refractivity contribution in [3.63, 3.8) is 0 Å². The van der Waals surface area contributed by atoms with Gasteiger partial charge in [-0.2, -0.15) is 5.26 Å². The molecule has 1 aromatic carbocycles. The average Bonchev–Trinajstić information content (AvgIpc) is 2.54. The Kier molecular flexibility index (Phi) is 3.05. The Morgan fingerprint density at radius 3 is 2.22 bits per heavy atom. The van der Waals surface area contributed by atoms with Crippen LogP contribution in [0.15, 0.2) is 33.8 Å². The first-order valence-corrected chi connectivity index (χ1v) is 6.02. The fraction of sp³-hybridized carbons (Fsp3) is 0.154. The molecule has 5 heteroatoms. The molecule has 0 aliphatic carbocycles. The lowest BCUT2D eigenvalue weighted by Crippen LogP contribution is -2.32. The monoisotopic (exact) mass is 304 g/mol. The number of halogens is 1. The summed E-state index contributed by atoms with van der Waals surface area (Å²) in [4.78, 5) is 25.1. The van der Waals surface area contributed by atoms with Crippen LogP contribution < -0.4 is 4.90 Å². The van der Waals surface area contributed by atoms with Gasteiger partial charge >= 0.3 is 0 Å². The van der Waals surface area contributed by atoms with E-state index in [0.717, 1.165) is 4.90 Å². The van der Waals surface area contributed by atoms with Gasteiger partial charge in [-0.1, -0.05) is 15.9 Å². The van der Waals surface area contributed by atoms with Crippen LogP contribution in [-0.2, 0) is 9.59 Å². The number of benzene rings is 1. The van der Waals surface area contributed by atoms with Gasteiger partial charge in [0, 0.05) is 15.6 Å². The number of amides is 2. The van der Waals surface area contributed by atoms with E-state index in [9.17, 15) is 9.59 Å². The number of hydrogen-bond donors (Lipinski definition) is 0. The number of anilines is 1. The topological polar surface area (TPSA) is 61.2 Å². The zero-order valence-electron chi connectivity index (χ0n) is 9.82. The number of hydrogen-bond acceptors (Lipinski definition) is 3. The largest absolute Gasteiger partial charge is 0.269 e. The quantitative estimate of drug-likeness (QED) is 0.749. The Bertz CT molecular complexity index is 617. The number of nitriles is 1. The molecule has 2 amide bonds. The second kappa shape index (κ2) is 4.39. The number of imide groups is 1. The summed E-state index contributed by atoms with van der Waals surface area (Å²) in [5.74, 6) is -0.737. The second-order valence-corrected chi connectivity index (χ2v) is 4.88. The van der Waals surface area contributed by atoms with Crippen molar-refractivity contribution in [3.8, 4) is 6.07 Å². The van der Waals surface area contributed by atoms with Crippen molar-refractivity contribution in [1.29, 1.82) is 5.26 Å². The highest BCUT2D eigenvalue weighted by molar-refractivity contribution is 9.10. The molecule has 2 rings (SSSR count). The van der Waals surface area contributed by atoms with E-state index >= 15 is 0 Å². The van der Waals surface area contributed by atoms with Gasteiger partial charge < -0.3 is 0 Å². The zero-order valence-corrected chi connectivity index (χ0v) is 11.4. The number of carbonyl (C=O) groups excluding carboxylic acids is 2. The minimum Gasteiger partial charge on any atom is -0.269 e. The van der Waals surface area contributed by atoms with Crippen molar-refractivity contribution < 1.29 is 9.59 Å². The zero-order chi connectivity index (χ0) is 13.4. The highest BCUT2D eigenvalue weighted by atomic mass is 79.9. The molecule has 0 fully saturated rings. The fourth-order valence-corrected chi connectivity index (χ4v) is 2.10. The molecular weight excluding hydrogens is 296 g/mol. The summed E-state index contributed by atoms with van der Waals surface area (Å²) in [7, 11) is 0. The van der Waals surface area contributed by atoms with Gasteiger partial charge in [-0.25, -0.2) is 4.90 Å². The standard InChI is InChI=1S/C13H9BrN2O2/c1-7-8(2)13(18)16(12(7)17)11-5-10(14)4-3-9(11)6-15/h3-5H,1-2H3. The summed E-state index contributed by atoms with van der Waals surface area (Å²) in [6.07, 6.45) is 0. The molecule has 1 aliphatic rings. The van der Waals surface area contributed by atoms with Crippen molar-refractivity contribution >= 4 is 33.4 Å². The first-order chi connectivity index (χ1) is 8.47. The summed E-state index contributed by atoms with van der Waals surface area (Å²) in [5, 5.41) is 9.05. The Labute approximate surface area is 113 Å².